The van der Waals surface area contributed by atoms with Gasteiger partial charge in [-0.1, -0.05) is 25.4 Å². The summed E-state index contributed by atoms with van der Waals surface area (Å²) in [5, 5.41) is 0.268. The van der Waals surface area contributed by atoms with E-state index in [0.29, 0.717) is 5.56 Å². The number of hydrogen-bond donors (Lipinski definition) is 0. The van der Waals surface area contributed by atoms with Crippen molar-refractivity contribution in [3.8, 4) is 0 Å². The predicted octanol–water partition coefficient (Wildman–Crippen LogP) is 4.10. The van der Waals surface area contributed by atoms with Crippen molar-refractivity contribution in [3.63, 3.8) is 0 Å². The van der Waals surface area contributed by atoms with Gasteiger partial charge in [-0.2, -0.15) is 0 Å². The molecule has 0 saturated heterocycles. The van der Waals surface area contributed by atoms with Crippen LogP contribution in [0.15, 0.2) is 18.2 Å². The monoisotopic (exact) mass is 228 g/mol. The van der Waals surface area contributed by atoms with Gasteiger partial charge in [0.2, 0.25) is 0 Å². The lowest BCUT2D eigenvalue weighted by Gasteiger charge is -2.11. The number of Topliss-reactive ketones (excluding diaryl/α,β-unsaturated/α-hetero) is 1. The molecule has 0 aliphatic carbocycles. The molecule has 1 nitrogen and oxygen atoms in total. The van der Waals surface area contributed by atoms with Gasteiger partial charge in [0.05, 0.1) is 0 Å². The van der Waals surface area contributed by atoms with Gasteiger partial charge in [-0.05, 0) is 31.0 Å². The number of carbonyl (C=O) groups excluding carboxylic acids is 1. The Labute approximate surface area is 94.3 Å². The summed E-state index contributed by atoms with van der Waals surface area (Å²) in [6, 6.07) is 3.96. The van der Waals surface area contributed by atoms with Gasteiger partial charge in [-0.15, -0.1) is 0 Å². The fourth-order valence-corrected chi connectivity index (χ4v) is 1.81. The van der Waals surface area contributed by atoms with E-state index in [1.807, 2.05) is 13.8 Å². The molecule has 0 unspecified atom stereocenters. The Morgan fingerprint density at radius 2 is 1.93 bits per heavy atom. The molecule has 0 N–H and O–H groups in total. The average Bonchev–Trinajstić information content (AvgIpc) is 2.18. The summed E-state index contributed by atoms with van der Waals surface area (Å²) < 4.78 is 13.0. The van der Waals surface area contributed by atoms with Crippen LogP contribution < -0.4 is 0 Å². The Balaban J connectivity index is 3.00. The van der Waals surface area contributed by atoms with Crippen molar-refractivity contribution >= 4 is 17.4 Å². The van der Waals surface area contributed by atoms with Crippen molar-refractivity contribution in [1.82, 2.24) is 0 Å². The van der Waals surface area contributed by atoms with Crippen molar-refractivity contribution in [3.05, 3.63) is 34.6 Å². The van der Waals surface area contributed by atoms with E-state index in [2.05, 4.69) is 0 Å². The van der Waals surface area contributed by atoms with Gasteiger partial charge in [-0.3, -0.25) is 4.79 Å². The highest BCUT2D eigenvalue weighted by molar-refractivity contribution is 6.31. The Kier molecular flexibility index (Phi) is 4.28. The standard InChI is InChI=1S/C12H14ClFO/c1-3-8(4-2)12(15)9-5-10(13)7-11(14)6-9/h5-8H,3-4H2,1-2H3. The van der Waals surface area contributed by atoms with Crippen LogP contribution >= 0.6 is 11.6 Å². The topological polar surface area (TPSA) is 17.1 Å². The number of ketones is 1. The molecule has 82 valence electrons. The van der Waals surface area contributed by atoms with Crippen molar-refractivity contribution in [2.45, 2.75) is 26.7 Å². The van der Waals surface area contributed by atoms with Crippen LogP contribution in [-0.4, -0.2) is 5.78 Å². The molecule has 1 aromatic rings. The van der Waals surface area contributed by atoms with Crippen LogP contribution in [0.1, 0.15) is 37.0 Å². The molecule has 0 amide bonds. The van der Waals surface area contributed by atoms with E-state index in [1.54, 1.807) is 0 Å². The summed E-state index contributed by atoms with van der Waals surface area (Å²) in [7, 11) is 0. The van der Waals surface area contributed by atoms with Gasteiger partial charge < -0.3 is 0 Å². The minimum atomic E-state index is -0.461. The molecule has 0 heterocycles. The summed E-state index contributed by atoms with van der Waals surface area (Å²) >= 11 is 5.69. The Morgan fingerprint density at radius 1 is 1.33 bits per heavy atom. The van der Waals surface area contributed by atoms with Crippen LogP contribution in [0.3, 0.4) is 0 Å². The zero-order valence-corrected chi connectivity index (χ0v) is 9.64. The van der Waals surface area contributed by atoms with Crippen LogP contribution in [0.2, 0.25) is 5.02 Å². The summed E-state index contributed by atoms with van der Waals surface area (Å²) in [5.74, 6) is -0.527. The Bertz CT molecular complexity index is 338. The molecule has 0 aliphatic rings. The molecule has 0 aliphatic heterocycles. The Morgan fingerprint density at radius 3 is 2.40 bits per heavy atom. The largest absolute Gasteiger partial charge is 0.294 e. The molecule has 1 rings (SSSR count). The maximum Gasteiger partial charge on any atom is 0.166 e. The van der Waals surface area contributed by atoms with E-state index in [0.717, 1.165) is 12.8 Å². The van der Waals surface area contributed by atoms with E-state index in [4.69, 9.17) is 11.6 Å². The van der Waals surface area contributed by atoms with Gasteiger partial charge in [-0.25, -0.2) is 4.39 Å². The zero-order chi connectivity index (χ0) is 11.4. The normalized spacial score (nSPS) is 10.7. The minimum Gasteiger partial charge on any atom is -0.294 e. The minimum absolute atomic E-state index is 0.0265. The first-order chi connectivity index (χ1) is 7.08. The molecular weight excluding hydrogens is 215 g/mol. The smallest absolute Gasteiger partial charge is 0.166 e. The maximum absolute atomic E-state index is 13.0. The van der Waals surface area contributed by atoms with Gasteiger partial charge in [0, 0.05) is 16.5 Å². The van der Waals surface area contributed by atoms with E-state index < -0.39 is 5.82 Å². The SMILES string of the molecule is CCC(CC)C(=O)c1cc(F)cc(Cl)c1. The van der Waals surface area contributed by atoms with Gasteiger partial charge in [0.15, 0.2) is 5.78 Å². The lowest BCUT2D eigenvalue weighted by atomic mass is 9.93. The second-order valence-electron chi connectivity index (χ2n) is 3.54. The summed E-state index contributed by atoms with van der Waals surface area (Å²) in [4.78, 5) is 11.9. The third-order valence-corrected chi connectivity index (χ3v) is 2.72. The molecule has 0 saturated carbocycles. The molecule has 0 spiro atoms. The number of halogens is 2. The second kappa shape index (κ2) is 5.26. The van der Waals surface area contributed by atoms with Crippen molar-refractivity contribution in [2.75, 3.05) is 0 Å². The fourth-order valence-electron chi connectivity index (χ4n) is 1.59. The molecule has 1 aromatic carbocycles. The van der Waals surface area contributed by atoms with Crippen molar-refractivity contribution < 1.29 is 9.18 Å². The molecule has 0 atom stereocenters. The third-order valence-electron chi connectivity index (χ3n) is 2.50. The van der Waals surface area contributed by atoms with Crippen LogP contribution in [-0.2, 0) is 0 Å². The fraction of sp³-hybridized carbons (Fsp3) is 0.417. The predicted molar refractivity (Wildman–Crippen MR) is 59.8 cm³/mol. The van der Waals surface area contributed by atoms with Crippen LogP contribution in [0, 0.1) is 11.7 Å². The lowest BCUT2D eigenvalue weighted by molar-refractivity contribution is 0.0913. The number of carbonyl (C=O) groups is 1. The molecule has 0 radical (unpaired) electrons. The quantitative estimate of drug-likeness (QED) is 0.710. The highest BCUT2D eigenvalue weighted by Gasteiger charge is 2.17. The van der Waals surface area contributed by atoms with Crippen LogP contribution in [0.5, 0.6) is 0 Å². The Hall–Kier alpha value is -0.890. The lowest BCUT2D eigenvalue weighted by Crippen LogP contribution is -2.13. The van der Waals surface area contributed by atoms with Crippen LogP contribution in [0.4, 0.5) is 4.39 Å². The molecule has 3 heteroatoms. The maximum atomic E-state index is 13.0. The molecule has 0 aromatic heterocycles. The molecule has 0 bridgehead atoms. The second-order valence-corrected chi connectivity index (χ2v) is 3.97. The van der Waals surface area contributed by atoms with E-state index in [1.165, 1.54) is 18.2 Å². The van der Waals surface area contributed by atoms with Crippen molar-refractivity contribution in [2.24, 2.45) is 5.92 Å². The number of rotatable bonds is 4. The third kappa shape index (κ3) is 3.03. The van der Waals surface area contributed by atoms with E-state index >= 15 is 0 Å². The summed E-state index contributed by atoms with van der Waals surface area (Å²) in [6.07, 6.45) is 1.53. The zero-order valence-electron chi connectivity index (χ0n) is 8.89. The van der Waals surface area contributed by atoms with Crippen molar-refractivity contribution in [1.29, 1.82) is 0 Å². The highest BCUT2D eigenvalue weighted by atomic mass is 35.5. The summed E-state index contributed by atoms with van der Waals surface area (Å²) in [6.45, 7) is 3.90. The van der Waals surface area contributed by atoms with Gasteiger partial charge in [0.25, 0.3) is 0 Å². The molecule has 15 heavy (non-hydrogen) atoms. The van der Waals surface area contributed by atoms with Crippen LogP contribution in [0.25, 0.3) is 0 Å². The highest BCUT2D eigenvalue weighted by Crippen LogP contribution is 2.20. The summed E-state index contributed by atoms with van der Waals surface area (Å²) in [5.41, 5.74) is 0.369. The molecule has 0 fully saturated rings. The van der Waals surface area contributed by atoms with Gasteiger partial charge >= 0.3 is 0 Å². The van der Waals surface area contributed by atoms with E-state index in [-0.39, 0.29) is 16.7 Å². The first-order valence-electron chi connectivity index (χ1n) is 5.08. The van der Waals surface area contributed by atoms with E-state index in [9.17, 15) is 9.18 Å². The average molecular weight is 229 g/mol. The first-order valence-corrected chi connectivity index (χ1v) is 5.46. The first kappa shape index (κ1) is 12.2. The number of hydrogen-bond acceptors (Lipinski definition) is 1. The van der Waals surface area contributed by atoms with Gasteiger partial charge in [0.1, 0.15) is 5.82 Å². The molecular formula is C12H14ClFO. The number of benzene rings is 1.